The molecule has 1 fully saturated rings. The van der Waals surface area contributed by atoms with Gasteiger partial charge in [-0.2, -0.15) is 0 Å². The average molecular weight is 211 g/mol. The van der Waals surface area contributed by atoms with Gasteiger partial charge in [0, 0.05) is 12.5 Å². The van der Waals surface area contributed by atoms with Crippen molar-refractivity contribution in [1.29, 1.82) is 0 Å². The molecule has 1 aliphatic rings. The van der Waals surface area contributed by atoms with Gasteiger partial charge >= 0.3 is 0 Å². The third-order valence-corrected chi connectivity index (χ3v) is 4.02. The lowest BCUT2D eigenvalue weighted by Crippen LogP contribution is -2.44. The van der Waals surface area contributed by atoms with Crippen LogP contribution >= 0.6 is 11.8 Å². The summed E-state index contributed by atoms with van der Waals surface area (Å²) >= 11 is 1.75. The van der Waals surface area contributed by atoms with E-state index in [1.54, 1.807) is 11.8 Å². The molecule has 0 radical (unpaired) electrons. The summed E-state index contributed by atoms with van der Waals surface area (Å²) in [5, 5.41) is 2.96. The quantitative estimate of drug-likeness (QED) is 0.721. The van der Waals surface area contributed by atoms with Crippen LogP contribution in [0.3, 0.4) is 0 Å². The van der Waals surface area contributed by atoms with Gasteiger partial charge in [0.2, 0.25) is 5.91 Å². The van der Waals surface area contributed by atoms with Crippen LogP contribution in [-0.4, -0.2) is 22.4 Å². The van der Waals surface area contributed by atoms with E-state index in [-0.39, 0.29) is 16.7 Å². The Labute approximate surface area is 90.2 Å². The van der Waals surface area contributed by atoms with Crippen molar-refractivity contribution >= 4 is 17.7 Å². The summed E-state index contributed by atoms with van der Waals surface area (Å²) < 4.78 is -0.219. The minimum absolute atomic E-state index is 0.0884. The average Bonchev–Trinajstić information content (AvgIpc) is 2.54. The van der Waals surface area contributed by atoms with Crippen LogP contribution in [0.15, 0.2) is 0 Å². The van der Waals surface area contributed by atoms with Crippen molar-refractivity contribution in [2.24, 2.45) is 0 Å². The molecular formula is C11H17NOS. The van der Waals surface area contributed by atoms with Crippen LogP contribution in [0, 0.1) is 12.3 Å². The van der Waals surface area contributed by atoms with Crippen molar-refractivity contribution in [1.82, 2.24) is 5.32 Å². The topological polar surface area (TPSA) is 29.1 Å². The van der Waals surface area contributed by atoms with Crippen molar-refractivity contribution in [2.45, 2.75) is 43.9 Å². The van der Waals surface area contributed by atoms with Gasteiger partial charge in [-0.05, 0) is 32.4 Å². The van der Waals surface area contributed by atoms with Gasteiger partial charge in [-0.3, -0.25) is 4.79 Å². The first-order valence-corrected chi connectivity index (χ1v) is 5.95. The highest BCUT2D eigenvalue weighted by Gasteiger charge is 2.37. The van der Waals surface area contributed by atoms with E-state index in [1.165, 1.54) is 0 Å². The summed E-state index contributed by atoms with van der Waals surface area (Å²) in [6, 6.07) is 0.0884. The molecule has 0 aromatic rings. The van der Waals surface area contributed by atoms with Crippen molar-refractivity contribution in [3.63, 3.8) is 0 Å². The van der Waals surface area contributed by atoms with Crippen molar-refractivity contribution in [2.75, 3.05) is 5.75 Å². The van der Waals surface area contributed by atoms with Gasteiger partial charge in [-0.25, -0.2) is 0 Å². The predicted octanol–water partition coefficient (Wildman–Crippen LogP) is 1.80. The summed E-state index contributed by atoms with van der Waals surface area (Å²) in [5.74, 6) is 3.79. The Morgan fingerprint density at radius 2 is 2.50 bits per heavy atom. The molecule has 14 heavy (non-hydrogen) atoms. The van der Waals surface area contributed by atoms with E-state index >= 15 is 0 Å². The van der Waals surface area contributed by atoms with E-state index in [1.807, 2.05) is 13.8 Å². The fourth-order valence-electron chi connectivity index (χ4n) is 1.56. The van der Waals surface area contributed by atoms with Crippen molar-refractivity contribution in [3.05, 3.63) is 0 Å². The maximum atomic E-state index is 11.9. The van der Waals surface area contributed by atoms with Crippen LogP contribution in [0.2, 0.25) is 0 Å². The largest absolute Gasteiger partial charge is 0.351 e. The van der Waals surface area contributed by atoms with Crippen LogP contribution in [-0.2, 0) is 4.79 Å². The fraction of sp³-hybridized carbons (Fsp3) is 0.727. The Balaban J connectivity index is 2.45. The van der Waals surface area contributed by atoms with E-state index in [2.05, 4.69) is 11.2 Å². The van der Waals surface area contributed by atoms with Crippen LogP contribution < -0.4 is 5.32 Å². The highest BCUT2D eigenvalue weighted by atomic mass is 32.2. The second-order valence-electron chi connectivity index (χ2n) is 3.97. The predicted molar refractivity (Wildman–Crippen MR) is 61.2 cm³/mol. The van der Waals surface area contributed by atoms with Gasteiger partial charge in [-0.1, -0.05) is 0 Å². The molecule has 1 rings (SSSR count). The highest BCUT2D eigenvalue weighted by Crippen LogP contribution is 2.37. The maximum absolute atomic E-state index is 11.9. The van der Waals surface area contributed by atoms with Gasteiger partial charge < -0.3 is 5.32 Å². The van der Waals surface area contributed by atoms with Crippen LogP contribution in [0.25, 0.3) is 0 Å². The van der Waals surface area contributed by atoms with Crippen LogP contribution in [0.5, 0.6) is 0 Å². The van der Waals surface area contributed by atoms with Gasteiger partial charge in [0.1, 0.15) is 0 Å². The molecule has 1 heterocycles. The second-order valence-corrected chi connectivity index (χ2v) is 5.56. The standard InChI is InChI=1S/C11H17NOS/c1-4-6-9(2)12-10(13)11(3)7-5-8-14-11/h1,9H,5-8H2,2-3H3,(H,12,13). The number of carbonyl (C=O) groups excluding carboxylic acids is 1. The first kappa shape index (κ1) is 11.5. The molecule has 1 saturated heterocycles. The van der Waals surface area contributed by atoms with E-state index in [4.69, 9.17) is 6.42 Å². The Morgan fingerprint density at radius 1 is 1.79 bits per heavy atom. The molecule has 1 aliphatic heterocycles. The third-order valence-electron chi connectivity index (χ3n) is 2.50. The zero-order chi connectivity index (χ0) is 10.6. The van der Waals surface area contributed by atoms with Crippen LogP contribution in [0.4, 0.5) is 0 Å². The number of hydrogen-bond donors (Lipinski definition) is 1. The van der Waals surface area contributed by atoms with Gasteiger partial charge in [0.05, 0.1) is 4.75 Å². The number of thioether (sulfide) groups is 1. The van der Waals surface area contributed by atoms with Crippen molar-refractivity contribution in [3.8, 4) is 12.3 Å². The number of hydrogen-bond acceptors (Lipinski definition) is 2. The summed E-state index contributed by atoms with van der Waals surface area (Å²) in [6.45, 7) is 3.96. The smallest absolute Gasteiger partial charge is 0.236 e. The zero-order valence-electron chi connectivity index (χ0n) is 8.80. The molecule has 0 bridgehead atoms. The Hall–Kier alpha value is -0.620. The number of terminal acetylenes is 1. The fourth-order valence-corrected chi connectivity index (χ4v) is 2.78. The van der Waals surface area contributed by atoms with E-state index in [9.17, 15) is 4.79 Å². The SMILES string of the molecule is C#CCC(C)NC(=O)C1(C)CCCS1. The lowest BCUT2D eigenvalue weighted by molar-refractivity contribution is -0.123. The van der Waals surface area contributed by atoms with E-state index in [0.29, 0.717) is 6.42 Å². The number of carbonyl (C=O) groups is 1. The molecule has 0 spiro atoms. The molecule has 1 N–H and O–H groups in total. The molecule has 0 aromatic carbocycles. The number of amides is 1. The molecule has 2 nitrogen and oxygen atoms in total. The van der Waals surface area contributed by atoms with Crippen molar-refractivity contribution < 1.29 is 4.79 Å². The first-order chi connectivity index (χ1) is 6.58. The summed E-state index contributed by atoms with van der Waals surface area (Å²) in [7, 11) is 0. The lowest BCUT2D eigenvalue weighted by atomic mass is 10.0. The highest BCUT2D eigenvalue weighted by molar-refractivity contribution is 8.01. The minimum atomic E-state index is -0.219. The molecule has 0 aliphatic carbocycles. The molecule has 78 valence electrons. The molecule has 2 unspecified atom stereocenters. The Kier molecular flexibility index (Phi) is 3.88. The Bertz CT molecular complexity index is 251. The molecular weight excluding hydrogens is 194 g/mol. The number of nitrogens with one attached hydrogen (secondary N) is 1. The minimum Gasteiger partial charge on any atom is -0.351 e. The third kappa shape index (κ3) is 2.68. The Morgan fingerprint density at radius 3 is 3.00 bits per heavy atom. The summed E-state index contributed by atoms with van der Waals surface area (Å²) in [6.07, 6.45) is 7.90. The molecule has 3 heteroatoms. The summed E-state index contributed by atoms with van der Waals surface area (Å²) in [5.41, 5.74) is 0. The van der Waals surface area contributed by atoms with Crippen LogP contribution in [0.1, 0.15) is 33.1 Å². The van der Waals surface area contributed by atoms with Gasteiger partial charge in [0.25, 0.3) is 0 Å². The molecule has 0 aromatic heterocycles. The number of rotatable bonds is 3. The first-order valence-electron chi connectivity index (χ1n) is 4.97. The zero-order valence-corrected chi connectivity index (χ0v) is 9.62. The van der Waals surface area contributed by atoms with E-state index in [0.717, 1.165) is 18.6 Å². The molecule has 1 amide bonds. The van der Waals surface area contributed by atoms with E-state index < -0.39 is 0 Å². The molecule has 2 atom stereocenters. The lowest BCUT2D eigenvalue weighted by Gasteiger charge is -2.23. The van der Waals surface area contributed by atoms with Gasteiger partial charge in [0.15, 0.2) is 0 Å². The maximum Gasteiger partial charge on any atom is 0.236 e. The van der Waals surface area contributed by atoms with Gasteiger partial charge in [-0.15, -0.1) is 24.1 Å². The normalized spacial score (nSPS) is 28.1. The summed E-state index contributed by atoms with van der Waals surface area (Å²) in [4.78, 5) is 11.9. The second kappa shape index (κ2) is 4.75. The molecule has 0 saturated carbocycles. The monoisotopic (exact) mass is 211 g/mol.